The van der Waals surface area contributed by atoms with Crippen LogP contribution in [0.1, 0.15) is 23.9 Å². The second-order valence-electron chi connectivity index (χ2n) is 6.50. The standard InChI is InChI=1S/C21H23N5O/c1-13-8-9-19(10-14(13)2)26-21-12-20(22-15(3)23-21)25-18-7-5-6-17(11-18)24-16(4)27/h5-12H,1-4H3,(H,24,27)(H2,22,23,25,26). The molecule has 3 N–H and O–H groups in total. The number of amides is 1. The van der Waals surface area contributed by atoms with E-state index in [4.69, 9.17) is 0 Å². The number of benzene rings is 2. The third-order valence-corrected chi connectivity index (χ3v) is 4.07. The Hall–Kier alpha value is -3.41. The van der Waals surface area contributed by atoms with Gasteiger partial charge in [0.1, 0.15) is 17.5 Å². The van der Waals surface area contributed by atoms with Crippen LogP contribution in [0.4, 0.5) is 28.7 Å². The van der Waals surface area contributed by atoms with E-state index in [9.17, 15) is 4.79 Å². The largest absolute Gasteiger partial charge is 0.340 e. The second kappa shape index (κ2) is 7.86. The lowest BCUT2D eigenvalue weighted by Crippen LogP contribution is -2.06. The van der Waals surface area contributed by atoms with Crippen LogP contribution in [0.3, 0.4) is 0 Å². The zero-order valence-electron chi connectivity index (χ0n) is 15.9. The third kappa shape index (κ3) is 5.04. The Morgan fingerprint density at radius 2 is 1.41 bits per heavy atom. The number of aryl methyl sites for hydroxylation is 3. The zero-order chi connectivity index (χ0) is 19.4. The Morgan fingerprint density at radius 3 is 2.04 bits per heavy atom. The van der Waals surface area contributed by atoms with E-state index in [1.165, 1.54) is 18.1 Å². The van der Waals surface area contributed by atoms with Crippen LogP contribution in [-0.2, 0) is 4.79 Å². The number of carbonyl (C=O) groups excluding carboxylic acids is 1. The SMILES string of the molecule is CC(=O)Nc1cccc(Nc2cc(Nc3ccc(C)c(C)c3)nc(C)n2)c1. The van der Waals surface area contributed by atoms with Gasteiger partial charge in [-0.05, 0) is 62.2 Å². The molecule has 2 aromatic carbocycles. The summed E-state index contributed by atoms with van der Waals surface area (Å²) in [7, 11) is 0. The lowest BCUT2D eigenvalue weighted by molar-refractivity contribution is -0.114. The normalized spacial score (nSPS) is 10.4. The van der Waals surface area contributed by atoms with Crippen LogP contribution in [0.15, 0.2) is 48.5 Å². The Kier molecular flexibility index (Phi) is 5.35. The minimum Gasteiger partial charge on any atom is -0.340 e. The first kappa shape index (κ1) is 18.4. The van der Waals surface area contributed by atoms with Crippen molar-refractivity contribution < 1.29 is 4.79 Å². The molecule has 1 amide bonds. The van der Waals surface area contributed by atoms with Crippen molar-refractivity contribution in [3.05, 3.63) is 65.5 Å². The minimum absolute atomic E-state index is 0.107. The summed E-state index contributed by atoms with van der Waals surface area (Å²) in [5.41, 5.74) is 5.01. The summed E-state index contributed by atoms with van der Waals surface area (Å²) >= 11 is 0. The molecule has 0 aliphatic heterocycles. The Bertz CT molecular complexity index is 984. The summed E-state index contributed by atoms with van der Waals surface area (Å²) < 4.78 is 0. The highest BCUT2D eigenvalue weighted by Gasteiger charge is 2.05. The van der Waals surface area contributed by atoms with Crippen molar-refractivity contribution in [2.75, 3.05) is 16.0 Å². The molecule has 6 nitrogen and oxygen atoms in total. The van der Waals surface area contributed by atoms with Gasteiger partial charge in [-0.25, -0.2) is 9.97 Å². The van der Waals surface area contributed by atoms with Gasteiger partial charge >= 0.3 is 0 Å². The molecule has 1 heterocycles. The second-order valence-corrected chi connectivity index (χ2v) is 6.50. The Morgan fingerprint density at radius 1 is 0.778 bits per heavy atom. The number of hydrogen-bond donors (Lipinski definition) is 3. The van der Waals surface area contributed by atoms with Gasteiger partial charge in [-0.15, -0.1) is 0 Å². The number of anilines is 5. The fraction of sp³-hybridized carbons (Fsp3) is 0.190. The molecular formula is C21H23N5O. The van der Waals surface area contributed by atoms with E-state index in [-0.39, 0.29) is 5.91 Å². The first-order chi connectivity index (χ1) is 12.9. The Balaban J connectivity index is 1.81. The van der Waals surface area contributed by atoms with Crippen LogP contribution in [0.2, 0.25) is 0 Å². The van der Waals surface area contributed by atoms with Crippen LogP contribution in [-0.4, -0.2) is 15.9 Å². The van der Waals surface area contributed by atoms with Gasteiger partial charge in [-0.2, -0.15) is 0 Å². The third-order valence-electron chi connectivity index (χ3n) is 4.07. The van der Waals surface area contributed by atoms with E-state index in [2.05, 4.69) is 51.9 Å². The number of rotatable bonds is 5. The predicted octanol–water partition coefficient (Wildman–Crippen LogP) is 4.85. The maximum absolute atomic E-state index is 11.2. The lowest BCUT2D eigenvalue weighted by Gasteiger charge is -2.12. The molecule has 1 aromatic heterocycles. The van der Waals surface area contributed by atoms with E-state index >= 15 is 0 Å². The molecule has 0 radical (unpaired) electrons. The van der Waals surface area contributed by atoms with E-state index in [1.54, 1.807) is 0 Å². The average molecular weight is 361 g/mol. The van der Waals surface area contributed by atoms with Gasteiger partial charge in [0.05, 0.1) is 0 Å². The van der Waals surface area contributed by atoms with Crippen molar-refractivity contribution in [2.45, 2.75) is 27.7 Å². The van der Waals surface area contributed by atoms with Crippen LogP contribution >= 0.6 is 0 Å². The minimum atomic E-state index is -0.107. The number of carbonyl (C=O) groups is 1. The molecule has 3 aromatic rings. The van der Waals surface area contributed by atoms with Crippen molar-refractivity contribution in [1.29, 1.82) is 0 Å². The van der Waals surface area contributed by atoms with Gasteiger partial charge in [0.25, 0.3) is 0 Å². The maximum Gasteiger partial charge on any atom is 0.221 e. The maximum atomic E-state index is 11.2. The molecule has 0 saturated heterocycles. The molecule has 138 valence electrons. The molecule has 0 saturated carbocycles. The lowest BCUT2D eigenvalue weighted by atomic mass is 10.1. The van der Waals surface area contributed by atoms with E-state index < -0.39 is 0 Å². The monoisotopic (exact) mass is 361 g/mol. The van der Waals surface area contributed by atoms with Gasteiger partial charge in [0.2, 0.25) is 5.91 Å². The van der Waals surface area contributed by atoms with Gasteiger partial charge in [0.15, 0.2) is 0 Å². The average Bonchev–Trinajstić information content (AvgIpc) is 2.57. The summed E-state index contributed by atoms with van der Waals surface area (Å²) in [6, 6.07) is 15.5. The van der Waals surface area contributed by atoms with Crippen molar-refractivity contribution >= 4 is 34.6 Å². The molecule has 3 rings (SSSR count). The molecule has 0 spiro atoms. The zero-order valence-corrected chi connectivity index (χ0v) is 15.9. The molecule has 0 fully saturated rings. The fourth-order valence-corrected chi connectivity index (χ4v) is 2.69. The molecule has 0 atom stereocenters. The topological polar surface area (TPSA) is 78.9 Å². The first-order valence-electron chi connectivity index (χ1n) is 8.74. The van der Waals surface area contributed by atoms with E-state index in [1.807, 2.05) is 43.3 Å². The highest BCUT2D eigenvalue weighted by molar-refractivity contribution is 5.89. The summed E-state index contributed by atoms with van der Waals surface area (Å²) in [4.78, 5) is 20.1. The molecule has 6 heteroatoms. The highest BCUT2D eigenvalue weighted by Crippen LogP contribution is 2.23. The predicted molar refractivity (Wildman–Crippen MR) is 110 cm³/mol. The van der Waals surface area contributed by atoms with Crippen LogP contribution < -0.4 is 16.0 Å². The molecule has 0 bridgehead atoms. The van der Waals surface area contributed by atoms with Gasteiger partial charge in [-0.1, -0.05) is 12.1 Å². The molecule has 27 heavy (non-hydrogen) atoms. The van der Waals surface area contributed by atoms with Crippen molar-refractivity contribution in [2.24, 2.45) is 0 Å². The van der Waals surface area contributed by atoms with Crippen molar-refractivity contribution in [3.8, 4) is 0 Å². The summed E-state index contributed by atoms with van der Waals surface area (Å²) in [5, 5.41) is 9.36. The van der Waals surface area contributed by atoms with E-state index in [0.717, 1.165) is 17.1 Å². The van der Waals surface area contributed by atoms with E-state index in [0.29, 0.717) is 17.5 Å². The number of nitrogens with zero attached hydrogens (tertiary/aromatic N) is 2. The summed E-state index contributed by atoms with van der Waals surface area (Å²) in [5.74, 6) is 1.94. The number of hydrogen-bond acceptors (Lipinski definition) is 5. The quantitative estimate of drug-likeness (QED) is 0.605. The molecular weight excluding hydrogens is 338 g/mol. The van der Waals surface area contributed by atoms with Crippen LogP contribution in [0.25, 0.3) is 0 Å². The number of aromatic nitrogens is 2. The fourth-order valence-electron chi connectivity index (χ4n) is 2.69. The van der Waals surface area contributed by atoms with Crippen molar-refractivity contribution in [1.82, 2.24) is 9.97 Å². The number of nitrogens with one attached hydrogen (secondary N) is 3. The van der Waals surface area contributed by atoms with Crippen LogP contribution in [0.5, 0.6) is 0 Å². The smallest absolute Gasteiger partial charge is 0.221 e. The summed E-state index contributed by atoms with van der Waals surface area (Å²) in [6.45, 7) is 7.51. The van der Waals surface area contributed by atoms with Gasteiger partial charge in [-0.3, -0.25) is 4.79 Å². The van der Waals surface area contributed by atoms with Crippen LogP contribution in [0, 0.1) is 20.8 Å². The molecule has 0 aliphatic rings. The molecule has 0 unspecified atom stereocenters. The first-order valence-corrected chi connectivity index (χ1v) is 8.74. The van der Waals surface area contributed by atoms with Crippen molar-refractivity contribution in [3.63, 3.8) is 0 Å². The highest BCUT2D eigenvalue weighted by atomic mass is 16.1. The van der Waals surface area contributed by atoms with Gasteiger partial charge < -0.3 is 16.0 Å². The summed E-state index contributed by atoms with van der Waals surface area (Å²) in [6.07, 6.45) is 0. The Labute approximate surface area is 159 Å². The van der Waals surface area contributed by atoms with Gasteiger partial charge in [0, 0.05) is 30.1 Å². The molecule has 0 aliphatic carbocycles.